The number of aryl methyl sites for hydroxylation is 1. The third-order valence-corrected chi connectivity index (χ3v) is 3.63. The van der Waals surface area contributed by atoms with Crippen LogP contribution in [0, 0.1) is 5.92 Å². The Labute approximate surface area is 104 Å². The standard InChI is InChI=1S/C14H24N2O/c1-12-10-15-7-8-16(11-12)13(2)5-6-14-4-3-9-17-14/h3-4,9,12-13,15H,5-8,10-11H2,1-2H3. The highest BCUT2D eigenvalue weighted by molar-refractivity contribution is 4.98. The predicted octanol–water partition coefficient (Wildman–Crippen LogP) is 2.14. The lowest BCUT2D eigenvalue weighted by Gasteiger charge is -2.28. The molecule has 3 nitrogen and oxygen atoms in total. The minimum atomic E-state index is 0.641. The first-order chi connectivity index (χ1) is 8.25. The molecule has 2 heterocycles. The summed E-state index contributed by atoms with van der Waals surface area (Å²) < 4.78 is 5.39. The summed E-state index contributed by atoms with van der Waals surface area (Å²) in [4.78, 5) is 2.60. The smallest absolute Gasteiger partial charge is 0.103 e. The molecule has 1 aliphatic heterocycles. The molecule has 1 saturated heterocycles. The molecule has 2 unspecified atom stereocenters. The summed E-state index contributed by atoms with van der Waals surface area (Å²) in [6, 6.07) is 4.68. The maximum absolute atomic E-state index is 5.39. The van der Waals surface area contributed by atoms with E-state index in [1.807, 2.05) is 6.07 Å². The molecule has 1 aromatic heterocycles. The quantitative estimate of drug-likeness (QED) is 0.868. The second-order valence-electron chi connectivity index (χ2n) is 5.27. The fourth-order valence-electron chi connectivity index (χ4n) is 2.52. The summed E-state index contributed by atoms with van der Waals surface area (Å²) in [5, 5.41) is 3.49. The number of hydrogen-bond acceptors (Lipinski definition) is 3. The first-order valence-corrected chi connectivity index (χ1v) is 6.73. The first kappa shape index (κ1) is 12.7. The Balaban J connectivity index is 1.79. The van der Waals surface area contributed by atoms with E-state index in [2.05, 4.69) is 30.1 Å². The van der Waals surface area contributed by atoms with Crippen LogP contribution >= 0.6 is 0 Å². The number of nitrogens with zero attached hydrogens (tertiary/aromatic N) is 1. The van der Waals surface area contributed by atoms with Crippen LogP contribution in [0.4, 0.5) is 0 Å². The Morgan fingerprint density at radius 2 is 2.47 bits per heavy atom. The van der Waals surface area contributed by atoms with Crippen molar-refractivity contribution in [1.29, 1.82) is 0 Å². The van der Waals surface area contributed by atoms with Crippen molar-refractivity contribution in [1.82, 2.24) is 10.2 Å². The minimum absolute atomic E-state index is 0.641. The molecule has 96 valence electrons. The van der Waals surface area contributed by atoms with Crippen molar-refractivity contribution in [2.75, 3.05) is 26.2 Å². The summed E-state index contributed by atoms with van der Waals surface area (Å²) in [5.41, 5.74) is 0. The average molecular weight is 236 g/mol. The molecule has 2 atom stereocenters. The second-order valence-corrected chi connectivity index (χ2v) is 5.27. The zero-order valence-corrected chi connectivity index (χ0v) is 11.0. The van der Waals surface area contributed by atoms with Crippen LogP contribution < -0.4 is 5.32 Å². The van der Waals surface area contributed by atoms with E-state index in [4.69, 9.17) is 4.42 Å². The molecule has 0 radical (unpaired) electrons. The molecule has 1 fully saturated rings. The van der Waals surface area contributed by atoms with Crippen molar-refractivity contribution in [3.63, 3.8) is 0 Å². The van der Waals surface area contributed by atoms with Crippen LogP contribution in [0.1, 0.15) is 26.0 Å². The van der Waals surface area contributed by atoms with Gasteiger partial charge in [0.15, 0.2) is 0 Å². The number of rotatable bonds is 4. The molecule has 17 heavy (non-hydrogen) atoms. The van der Waals surface area contributed by atoms with E-state index in [1.54, 1.807) is 6.26 Å². The molecule has 1 aromatic rings. The molecule has 0 aliphatic carbocycles. The number of nitrogens with one attached hydrogen (secondary N) is 1. The van der Waals surface area contributed by atoms with Crippen molar-refractivity contribution in [3.8, 4) is 0 Å². The SMILES string of the molecule is CC1CNCCN(C(C)CCc2ccco2)C1. The monoisotopic (exact) mass is 236 g/mol. The number of furan rings is 1. The minimum Gasteiger partial charge on any atom is -0.469 e. The van der Waals surface area contributed by atoms with Gasteiger partial charge in [-0.1, -0.05) is 6.92 Å². The normalized spacial score (nSPS) is 24.5. The van der Waals surface area contributed by atoms with Crippen LogP contribution in [-0.2, 0) is 6.42 Å². The zero-order valence-electron chi connectivity index (χ0n) is 11.0. The van der Waals surface area contributed by atoms with Crippen LogP contribution in [0.2, 0.25) is 0 Å². The first-order valence-electron chi connectivity index (χ1n) is 6.73. The van der Waals surface area contributed by atoms with Crippen LogP contribution in [0.3, 0.4) is 0 Å². The van der Waals surface area contributed by atoms with E-state index in [0.717, 1.165) is 31.2 Å². The van der Waals surface area contributed by atoms with E-state index < -0.39 is 0 Å². The molecule has 3 heteroatoms. The lowest BCUT2D eigenvalue weighted by atomic mass is 10.1. The summed E-state index contributed by atoms with van der Waals surface area (Å²) >= 11 is 0. The fraction of sp³-hybridized carbons (Fsp3) is 0.714. The summed E-state index contributed by atoms with van der Waals surface area (Å²) in [6.07, 6.45) is 3.99. The van der Waals surface area contributed by atoms with Crippen LogP contribution in [0.15, 0.2) is 22.8 Å². The van der Waals surface area contributed by atoms with Gasteiger partial charge in [0.2, 0.25) is 0 Å². The second kappa shape index (κ2) is 6.22. The van der Waals surface area contributed by atoms with Gasteiger partial charge >= 0.3 is 0 Å². The maximum atomic E-state index is 5.39. The van der Waals surface area contributed by atoms with Crippen molar-refractivity contribution < 1.29 is 4.42 Å². The Hall–Kier alpha value is -0.800. The third-order valence-electron chi connectivity index (χ3n) is 3.63. The molecule has 1 aliphatic rings. The van der Waals surface area contributed by atoms with Gasteiger partial charge < -0.3 is 9.73 Å². The van der Waals surface area contributed by atoms with E-state index in [-0.39, 0.29) is 0 Å². The molecule has 0 spiro atoms. The van der Waals surface area contributed by atoms with Gasteiger partial charge in [0.1, 0.15) is 5.76 Å². The Morgan fingerprint density at radius 3 is 3.24 bits per heavy atom. The number of hydrogen-bond donors (Lipinski definition) is 1. The van der Waals surface area contributed by atoms with Gasteiger partial charge in [-0.3, -0.25) is 4.90 Å². The van der Waals surface area contributed by atoms with Crippen molar-refractivity contribution in [2.45, 2.75) is 32.7 Å². The highest BCUT2D eigenvalue weighted by Crippen LogP contribution is 2.13. The van der Waals surface area contributed by atoms with Gasteiger partial charge in [-0.15, -0.1) is 0 Å². The van der Waals surface area contributed by atoms with E-state index in [9.17, 15) is 0 Å². The van der Waals surface area contributed by atoms with E-state index >= 15 is 0 Å². The Kier molecular flexibility index (Phi) is 4.63. The average Bonchev–Trinajstić information content (AvgIpc) is 2.74. The third kappa shape index (κ3) is 3.86. The molecular formula is C14H24N2O. The summed E-state index contributed by atoms with van der Waals surface area (Å²) in [7, 11) is 0. The van der Waals surface area contributed by atoms with Gasteiger partial charge in [-0.25, -0.2) is 0 Å². The molecule has 0 bridgehead atoms. The van der Waals surface area contributed by atoms with Gasteiger partial charge in [-0.2, -0.15) is 0 Å². The molecule has 0 aromatic carbocycles. The van der Waals surface area contributed by atoms with Gasteiger partial charge in [0.05, 0.1) is 6.26 Å². The largest absolute Gasteiger partial charge is 0.469 e. The fourth-order valence-corrected chi connectivity index (χ4v) is 2.52. The van der Waals surface area contributed by atoms with Crippen molar-refractivity contribution in [3.05, 3.63) is 24.2 Å². The lowest BCUT2D eigenvalue weighted by Crippen LogP contribution is -2.37. The van der Waals surface area contributed by atoms with Crippen LogP contribution in [-0.4, -0.2) is 37.1 Å². The Morgan fingerprint density at radius 1 is 1.59 bits per heavy atom. The van der Waals surface area contributed by atoms with Crippen LogP contribution in [0.5, 0.6) is 0 Å². The molecular weight excluding hydrogens is 212 g/mol. The van der Waals surface area contributed by atoms with Gasteiger partial charge in [0.25, 0.3) is 0 Å². The predicted molar refractivity (Wildman–Crippen MR) is 70.1 cm³/mol. The highest BCUT2D eigenvalue weighted by atomic mass is 16.3. The zero-order chi connectivity index (χ0) is 12.1. The van der Waals surface area contributed by atoms with E-state index in [1.165, 1.54) is 19.5 Å². The van der Waals surface area contributed by atoms with Crippen LogP contribution in [0.25, 0.3) is 0 Å². The lowest BCUT2D eigenvalue weighted by molar-refractivity contribution is 0.192. The molecule has 2 rings (SSSR count). The van der Waals surface area contributed by atoms with Gasteiger partial charge in [0, 0.05) is 32.1 Å². The Bertz CT molecular complexity index is 310. The summed E-state index contributed by atoms with van der Waals surface area (Å²) in [5.74, 6) is 1.86. The summed E-state index contributed by atoms with van der Waals surface area (Å²) in [6.45, 7) is 9.32. The topological polar surface area (TPSA) is 28.4 Å². The molecule has 1 N–H and O–H groups in total. The highest BCUT2D eigenvalue weighted by Gasteiger charge is 2.19. The van der Waals surface area contributed by atoms with Gasteiger partial charge in [-0.05, 0) is 37.9 Å². The van der Waals surface area contributed by atoms with Crippen molar-refractivity contribution in [2.24, 2.45) is 5.92 Å². The molecule has 0 amide bonds. The van der Waals surface area contributed by atoms with E-state index in [0.29, 0.717) is 6.04 Å². The molecule has 0 saturated carbocycles. The van der Waals surface area contributed by atoms with Crippen molar-refractivity contribution >= 4 is 0 Å². The maximum Gasteiger partial charge on any atom is 0.103 e.